The largest absolute Gasteiger partial charge is 0.329 e. The molecule has 2 aromatic carbocycles. The summed E-state index contributed by atoms with van der Waals surface area (Å²) in [7, 11) is -2.38. The molecule has 9 heteroatoms. The van der Waals surface area contributed by atoms with E-state index in [2.05, 4.69) is 10.4 Å². The second-order valence-corrected chi connectivity index (χ2v) is 8.10. The third-order valence-corrected chi connectivity index (χ3v) is 4.78. The predicted octanol–water partition coefficient (Wildman–Crippen LogP) is 3.56. The van der Waals surface area contributed by atoms with Crippen molar-refractivity contribution in [2.24, 2.45) is 7.05 Å². The molecule has 1 amide bonds. The summed E-state index contributed by atoms with van der Waals surface area (Å²) in [5.74, 6) is -0.713. The number of hydrogen-bond donors (Lipinski definition) is 3. The Labute approximate surface area is 166 Å². The van der Waals surface area contributed by atoms with Crippen LogP contribution in [0, 0.1) is 5.82 Å². The van der Waals surface area contributed by atoms with E-state index < -0.39 is 7.60 Å². The minimum atomic E-state index is -4.13. The highest BCUT2D eigenvalue weighted by Crippen LogP contribution is 2.39. The highest BCUT2D eigenvalue weighted by atomic mass is 31.2. The van der Waals surface area contributed by atoms with Crippen LogP contribution in [0.3, 0.4) is 0 Å². The van der Waals surface area contributed by atoms with E-state index in [0.29, 0.717) is 22.5 Å². The summed E-state index contributed by atoms with van der Waals surface area (Å²) >= 11 is 0. The maximum Gasteiger partial charge on any atom is 0.329 e. The molecule has 0 aliphatic carbocycles. The van der Waals surface area contributed by atoms with Gasteiger partial charge in [0.05, 0.1) is 11.9 Å². The van der Waals surface area contributed by atoms with Crippen LogP contribution in [0.5, 0.6) is 0 Å². The van der Waals surface area contributed by atoms with Crippen LogP contribution < -0.4 is 5.32 Å². The van der Waals surface area contributed by atoms with Gasteiger partial charge in [-0.3, -0.25) is 14.0 Å². The number of nitrogens with zero attached hydrogens (tertiary/aromatic N) is 2. The Morgan fingerprint density at radius 1 is 1.17 bits per heavy atom. The van der Waals surface area contributed by atoms with E-state index in [-0.39, 0.29) is 17.9 Å². The van der Waals surface area contributed by atoms with Crippen molar-refractivity contribution >= 4 is 25.3 Å². The topological polar surface area (TPSA) is 104 Å². The van der Waals surface area contributed by atoms with Crippen LogP contribution in [0.1, 0.15) is 11.1 Å². The lowest BCUT2D eigenvalue weighted by molar-refractivity contribution is -0.111. The lowest BCUT2D eigenvalue weighted by atomic mass is 10.1. The SMILES string of the molecule is Cn1cc(/C=C/C(=O)Nc2ccc(CP(=O)(O)O)cc2)c(-c2ccc(F)cc2)n1. The molecule has 0 bridgehead atoms. The van der Waals surface area contributed by atoms with Gasteiger partial charge < -0.3 is 15.1 Å². The zero-order valence-electron chi connectivity index (χ0n) is 15.5. The Morgan fingerprint density at radius 3 is 2.45 bits per heavy atom. The molecule has 0 fully saturated rings. The predicted molar refractivity (Wildman–Crippen MR) is 108 cm³/mol. The summed E-state index contributed by atoms with van der Waals surface area (Å²) < 4.78 is 25.8. The van der Waals surface area contributed by atoms with Gasteiger partial charge in [0, 0.05) is 36.1 Å². The second kappa shape index (κ2) is 8.53. The van der Waals surface area contributed by atoms with E-state index >= 15 is 0 Å². The van der Waals surface area contributed by atoms with Gasteiger partial charge in [-0.2, -0.15) is 5.10 Å². The fourth-order valence-corrected chi connectivity index (χ4v) is 3.43. The summed E-state index contributed by atoms with van der Waals surface area (Å²) in [5, 5.41) is 7.04. The number of carbonyl (C=O) groups excluding carboxylic acids is 1. The van der Waals surface area contributed by atoms with Gasteiger partial charge in [-0.15, -0.1) is 0 Å². The summed E-state index contributed by atoms with van der Waals surface area (Å²) in [6.07, 6.45) is 4.37. The number of aryl methyl sites for hydroxylation is 1. The van der Waals surface area contributed by atoms with Crippen molar-refractivity contribution in [3.8, 4) is 11.3 Å². The van der Waals surface area contributed by atoms with Crippen molar-refractivity contribution in [2.45, 2.75) is 6.16 Å². The van der Waals surface area contributed by atoms with Gasteiger partial charge in [-0.05, 0) is 48.0 Å². The maximum absolute atomic E-state index is 13.1. The van der Waals surface area contributed by atoms with E-state index in [9.17, 15) is 13.8 Å². The second-order valence-electron chi connectivity index (χ2n) is 6.46. The van der Waals surface area contributed by atoms with Crippen molar-refractivity contribution < 1.29 is 23.5 Å². The fourth-order valence-electron chi connectivity index (χ4n) is 2.74. The van der Waals surface area contributed by atoms with Crippen LogP contribution in [-0.2, 0) is 22.6 Å². The number of nitrogens with one attached hydrogen (secondary N) is 1. The van der Waals surface area contributed by atoms with Gasteiger partial charge in [0.1, 0.15) is 5.82 Å². The summed E-state index contributed by atoms with van der Waals surface area (Å²) in [6, 6.07) is 12.2. The molecule has 3 N–H and O–H groups in total. The van der Waals surface area contributed by atoms with Gasteiger partial charge in [-0.25, -0.2) is 4.39 Å². The lowest BCUT2D eigenvalue weighted by Gasteiger charge is -2.06. The number of benzene rings is 2. The molecule has 7 nitrogen and oxygen atoms in total. The van der Waals surface area contributed by atoms with Crippen LogP contribution in [0.2, 0.25) is 0 Å². The molecule has 3 aromatic rings. The first-order chi connectivity index (χ1) is 13.7. The van der Waals surface area contributed by atoms with E-state index in [1.165, 1.54) is 18.2 Å². The molecule has 0 spiro atoms. The first-order valence-corrected chi connectivity index (χ1v) is 10.4. The zero-order chi connectivity index (χ0) is 21.0. The van der Waals surface area contributed by atoms with Crippen molar-refractivity contribution in [1.82, 2.24) is 9.78 Å². The van der Waals surface area contributed by atoms with E-state index in [1.807, 2.05) is 0 Å². The highest BCUT2D eigenvalue weighted by molar-refractivity contribution is 7.50. The van der Waals surface area contributed by atoms with Crippen molar-refractivity contribution in [2.75, 3.05) is 5.32 Å². The number of rotatable bonds is 6. The minimum absolute atomic E-state index is 0.340. The lowest BCUT2D eigenvalue weighted by Crippen LogP contribution is -2.07. The van der Waals surface area contributed by atoms with E-state index in [0.717, 1.165) is 5.56 Å². The molecule has 150 valence electrons. The van der Waals surface area contributed by atoms with Crippen LogP contribution >= 0.6 is 7.60 Å². The summed E-state index contributed by atoms with van der Waals surface area (Å²) in [5.41, 5.74) is 3.03. The Balaban J connectivity index is 1.70. The molecule has 0 aliphatic rings. The van der Waals surface area contributed by atoms with Crippen LogP contribution in [0.15, 0.2) is 60.8 Å². The highest BCUT2D eigenvalue weighted by Gasteiger charge is 2.13. The Hall–Kier alpha value is -3.06. The standard InChI is InChI=1S/C20H19FN3O4P/c1-24-12-16(20(23-24)15-4-7-17(21)8-5-15)6-11-19(25)22-18-9-2-14(3-10-18)13-29(26,27)28/h2-12H,13H2,1H3,(H,22,25)(H2,26,27,28)/b11-6+. The van der Waals surface area contributed by atoms with Gasteiger partial charge in [0.25, 0.3) is 0 Å². The summed E-state index contributed by atoms with van der Waals surface area (Å²) in [6.45, 7) is 0. The molecule has 0 radical (unpaired) electrons. The van der Waals surface area contributed by atoms with Crippen molar-refractivity contribution in [3.63, 3.8) is 0 Å². The number of hydrogen-bond acceptors (Lipinski definition) is 3. The Bertz CT molecular complexity index is 1090. The molecule has 0 atom stereocenters. The smallest absolute Gasteiger partial charge is 0.324 e. The number of amides is 1. The van der Waals surface area contributed by atoms with Crippen LogP contribution in [0.4, 0.5) is 10.1 Å². The summed E-state index contributed by atoms with van der Waals surface area (Å²) in [4.78, 5) is 30.2. The number of aromatic nitrogens is 2. The van der Waals surface area contributed by atoms with Gasteiger partial charge in [0.15, 0.2) is 0 Å². The van der Waals surface area contributed by atoms with Crippen molar-refractivity contribution in [1.29, 1.82) is 0 Å². The Kier molecular flexibility index (Phi) is 6.08. The fraction of sp³-hybridized carbons (Fsp3) is 0.100. The normalized spacial score (nSPS) is 11.7. The monoisotopic (exact) mass is 415 g/mol. The third-order valence-electron chi connectivity index (χ3n) is 4.00. The quantitative estimate of drug-likeness (QED) is 0.422. The van der Waals surface area contributed by atoms with Gasteiger partial charge >= 0.3 is 7.60 Å². The molecule has 0 unspecified atom stereocenters. The maximum atomic E-state index is 13.1. The Morgan fingerprint density at radius 2 is 1.83 bits per heavy atom. The van der Waals surface area contributed by atoms with E-state index in [1.54, 1.807) is 60.4 Å². The van der Waals surface area contributed by atoms with Gasteiger partial charge in [0.2, 0.25) is 5.91 Å². The minimum Gasteiger partial charge on any atom is -0.324 e. The molecular weight excluding hydrogens is 396 g/mol. The molecule has 3 rings (SSSR count). The number of carbonyl (C=O) groups is 1. The molecule has 0 saturated heterocycles. The molecular formula is C20H19FN3O4P. The zero-order valence-corrected chi connectivity index (χ0v) is 16.4. The van der Waals surface area contributed by atoms with E-state index in [4.69, 9.17) is 9.79 Å². The molecule has 0 aliphatic heterocycles. The molecule has 29 heavy (non-hydrogen) atoms. The number of anilines is 1. The molecule has 1 heterocycles. The first-order valence-electron chi connectivity index (χ1n) is 8.62. The van der Waals surface area contributed by atoms with Gasteiger partial charge in [-0.1, -0.05) is 12.1 Å². The average Bonchev–Trinajstić information content (AvgIpc) is 3.02. The van der Waals surface area contributed by atoms with Crippen LogP contribution in [0.25, 0.3) is 17.3 Å². The average molecular weight is 415 g/mol. The molecule has 0 saturated carbocycles. The third kappa shape index (κ3) is 5.96. The first kappa shape index (κ1) is 20.7. The molecule has 1 aromatic heterocycles. The van der Waals surface area contributed by atoms with Crippen molar-refractivity contribution in [3.05, 3.63) is 77.7 Å². The number of halogens is 1. The van der Waals surface area contributed by atoms with Crippen LogP contribution in [-0.4, -0.2) is 25.5 Å².